The van der Waals surface area contributed by atoms with Gasteiger partial charge >= 0.3 is 0 Å². The molecular weight excluding hydrogens is 220 g/mol. The summed E-state index contributed by atoms with van der Waals surface area (Å²) in [4.78, 5) is 0. The summed E-state index contributed by atoms with van der Waals surface area (Å²) >= 11 is 0. The third kappa shape index (κ3) is 3.19. The molecule has 4 nitrogen and oxygen atoms in total. The molecule has 0 bridgehead atoms. The molecule has 2 aliphatic heterocycles. The van der Waals surface area contributed by atoms with Crippen LogP contribution in [0, 0.1) is 5.92 Å². The zero-order chi connectivity index (χ0) is 12.3. The van der Waals surface area contributed by atoms with E-state index >= 15 is 0 Å². The minimum Gasteiger partial charge on any atom is -0.393 e. The number of methoxy groups -OCH3 is 1. The van der Waals surface area contributed by atoms with Gasteiger partial charge < -0.3 is 19.3 Å². The summed E-state index contributed by atoms with van der Waals surface area (Å²) in [6.07, 6.45) is 3.37. The Bertz CT molecular complexity index is 238. The molecule has 0 radical (unpaired) electrons. The van der Waals surface area contributed by atoms with Gasteiger partial charge in [-0.15, -0.1) is 0 Å². The van der Waals surface area contributed by atoms with Crippen LogP contribution in [0.4, 0.5) is 0 Å². The van der Waals surface area contributed by atoms with E-state index in [0.29, 0.717) is 18.9 Å². The molecule has 4 unspecified atom stereocenters. The van der Waals surface area contributed by atoms with Gasteiger partial charge in [0.15, 0.2) is 0 Å². The van der Waals surface area contributed by atoms with Gasteiger partial charge in [-0.2, -0.15) is 0 Å². The molecule has 1 N–H and O–H groups in total. The number of hydrogen-bond donors (Lipinski definition) is 1. The molecule has 17 heavy (non-hydrogen) atoms. The van der Waals surface area contributed by atoms with Crippen molar-refractivity contribution < 1.29 is 19.3 Å². The lowest BCUT2D eigenvalue weighted by atomic mass is 9.81. The highest BCUT2D eigenvalue weighted by Gasteiger charge is 2.42. The molecule has 0 saturated carbocycles. The van der Waals surface area contributed by atoms with Crippen LogP contribution in [0.1, 0.15) is 32.6 Å². The average molecular weight is 244 g/mol. The summed E-state index contributed by atoms with van der Waals surface area (Å²) in [5.41, 5.74) is -0.111. The summed E-state index contributed by atoms with van der Waals surface area (Å²) in [5.74, 6) is 0.322. The van der Waals surface area contributed by atoms with E-state index in [1.165, 1.54) is 0 Å². The Hall–Kier alpha value is -0.160. The second-order valence-corrected chi connectivity index (χ2v) is 5.44. The average Bonchev–Trinajstić information content (AvgIpc) is 2.77. The van der Waals surface area contributed by atoms with Crippen molar-refractivity contribution in [1.82, 2.24) is 0 Å². The number of hydrogen-bond acceptors (Lipinski definition) is 4. The number of ether oxygens (including phenoxy) is 3. The molecule has 2 rings (SSSR count). The van der Waals surface area contributed by atoms with E-state index in [4.69, 9.17) is 14.2 Å². The monoisotopic (exact) mass is 244 g/mol. The van der Waals surface area contributed by atoms with Crippen molar-refractivity contribution in [3.63, 3.8) is 0 Å². The highest BCUT2D eigenvalue weighted by atomic mass is 16.6. The summed E-state index contributed by atoms with van der Waals surface area (Å²) in [5, 5.41) is 10.2. The van der Waals surface area contributed by atoms with Crippen LogP contribution in [0.2, 0.25) is 0 Å². The van der Waals surface area contributed by atoms with E-state index in [0.717, 1.165) is 32.5 Å². The van der Waals surface area contributed by atoms with Crippen molar-refractivity contribution in [2.45, 2.75) is 50.4 Å². The summed E-state index contributed by atoms with van der Waals surface area (Å²) < 4.78 is 16.5. The Morgan fingerprint density at radius 2 is 2.29 bits per heavy atom. The Kier molecular flexibility index (Phi) is 4.42. The van der Waals surface area contributed by atoms with E-state index in [9.17, 15) is 5.11 Å². The van der Waals surface area contributed by atoms with Crippen LogP contribution >= 0.6 is 0 Å². The van der Waals surface area contributed by atoms with Crippen LogP contribution in [-0.2, 0) is 14.2 Å². The first-order chi connectivity index (χ1) is 8.15. The third-order valence-electron chi connectivity index (χ3n) is 4.12. The third-order valence-corrected chi connectivity index (χ3v) is 4.12. The summed E-state index contributed by atoms with van der Waals surface area (Å²) in [6, 6.07) is 0. The fraction of sp³-hybridized carbons (Fsp3) is 1.00. The zero-order valence-corrected chi connectivity index (χ0v) is 10.9. The van der Waals surface area contributed by atoms with Crippen LogP contribution in [0.15, 0.2) is 0 Å². The van der Waals surface area contributed by atoms with Crippen LogP contribution in [0.5, 0.6) is 0 Å². The molecule has 1 spiro atoms. The van der Waals surface area contributed by atoms with Crippen LogP contribution in [0.3, 0.4) is 0 Å². The summed E-state index contributed by atoms with van der Waals surface area (Å²) in [6.45, 7) is 4.22. The fourth-order valence-electron chi connectivity index (χ4n) is 2.89. The Labute approximate surface area is 103 Å². The predicted molar refractivity (Wildman–Crippen MR) is 63.9 cm³/mol. The standard InChI is InChI=1S/C13H24O4/c1-10(15-2)7-12(14)11-3-5-17-13(8-11)4-6-16-9-13/h10-12,14H,3-9H2,1-2H3. The quantitative estimate of drug-likeness (QED) is 0.811. The van der Waals surface area contributed by atoms with E-state index < -0.39 is 0 Å². The lowest BCUT2D eigenvalue weighted by molar-refractivity contribution is -0.120. The largest absolute Gasteiger partial charge is 0.393 e. The van der Waals surface area contributed by atoms with Crippen LogP contribution in [-0.4, -0.2) is 49.8 Å². The molecule has 2 fully saturated rings. The van der Waals surface area contributed by atoms with Gasteiger partial charge in [0.1, 0.15) is 0 Å². The molecule has 0 amide bonds. The smallest absolute Gasteiger partial charge is 0.0940 e. The number of aliphatic hydroxyl groups is 1. The van der Waals surface area contributed by atoms with Gasteiger partial charge in [-0.1, -0.05) is 0 Å². The maximum Gasteiger partial charge on any atom is 0.0940 e. The predicted octanol–water partition coefficient (Wildman–Crippen LogP) is 1.36. The van der Waals surface area contributed by atoms with E-state index in [1.54, 1.807) is 7.11 Å². The zero-order valence-electron chi connectivity index (χ0n) is 10.9. The van der Waals surface area contributed by atoms with Gasteiger partial charge in [-0.05, 0) is 32.1 Å². The van der Waals surface area contributed by atoms with Crippen molar-refractivity contribution in [2.24, 2.45) is 5.92 Å². The van der Waals surface area contributed by atoms with Crippen molar-refractivity contribution in [1.29, 1.82) is 0 Å². The Morgan fingerprint density at radius 3 is 2.94 bits per heavy atom. The highest BCUT2D eigenvalue weighted by molar-refractivity contribution is 4.92. The minimum atomic E-state index is -0.286. The lowest BCUT2D eigenvalue weighted by Gasteiger charge is -2.39. The van der Waals surface area contributed by atoms with E-state index in [1.807, 2.05) is 6.92 Å². The van der Waals surface area contributed by atoms with E-state index in [2.05, 4.69) is 0 Å². The Balaban J connectivity index is 1.88. The maximum absolute atomic E-state index is 10.2. The lowest BCUT2D eigenvalue weighted by Crippen LogP contribution is -2.44. The van der Waals surface area contributed by atoms with Crippen molar-refractivity contribution >= 4 is 0 Å². The maximum atomic E-state index is 10.2. The first kappa shape index (κ1) is 13.3. The highest BCUT2D eigenvalue weighted by Crippen LogP contribution is 2.37. The molecule has 0 aromatic carbocycles. The normalized spacial score (nSPS) is 37.2. The Morgan fingerprint density at radius 1 is 1.47 bits per heavy atom. The number of rotatable bonds is 4. The number of aliphatic hydroxyl groups excluding tert-OH is 1. The molecular formula is C13H24O4. The first-order valence-electron chi connectivity index (χ1n) is 6.58. The topological polar surface area (TPSA) is 47.9 Å². The molecule has 0 aliphatic carbocycles. The van der Waals surface area contributed by atoms with Crippen molar-refractivity contribution in [3.05, 3.63) is 0 Å². The molecule has 100 valence electrons. The molecule has 2 aliphatic rings. The molecule has 2 saturated heterocycles. The SMILES string of the molecule is COC(C)CC(O)C1CCOC2(CCOC2)C1. The van der Waals surface area contributed by atoms with Crippen molar-refractivity contribution in [3.8, 4) is 0 Å². The molecule has 0 aromatic rings. The minimum absolute atomic E-state index is 0.111. The van der Waals surface area contributed by atoms with Gasteiger partial charge in [-0.25, -0.2) is 0 Å². The van der Waals surface area contributed by atoms with Gasteiger partial charge in [0, 0.05) is 26.7 Å². The van der Waals surface area contributed by atoms with Gasteiger partial charge in [-0.3, -0.25) is 0 Å². The van der Waals surface area contributed by atoms with Crippen LogP contribution < -0.4 is 0 Å². The van der Waals surface area contributed by atoms with E-state index in [-0.39, 0.29) is 17.8 Å². The van der Waals surface area contributed by atoms with Gasteiger partial charge in [0.2, 0.25) is 0 Å². The molecule has 4 atom stereocenters. The fourth-order valence-corrected chi connectivity index (χ4v) is 2.89. The van der Waals surface area contributed by atoms with Crippen LogP contribution in [0.25, 0.3) is 0 Å². The molecule has 2 heterocycles. The first-order valence-corrected chi connectivity index (χ1v) is 6.58. The van der Waals surface area contributed by atoms with Crippen molar-refractivity contribution in [2.75, 3.05) is 26.9 Å². The van der Waals surface area contributed by atoms with Gasteiger partial charge in [0.25, 0.3) is 0 Å². The van der Waals surface area contributed by atoms with Gasteiger partial charge in [0.05, 0.1) is 24.4 Å². The second kappa shape index (κ2) is 5.65. The summed E-state index contributed by atoms with van der Waals surface area (Å²) in [7, 11) is 1.69. The molecule has 0 aromatic heterocycles. The second-order valence-electron chi connectivity index (χ2n) is 5.44. The molecule has 4 heteroatoms.